The Morgan fingerprint density at radius 2 is 2.06 bits per heavy atom. The van der Waals surface area contributed by atoms with Gasteiger partial charge in [-0.25, -0.2) is 0 Å². The molecular formula is C13H24N2O2. The van der Waals surface area contributed by atoms with Crippen LogP contribution >= 0.6 is 0 Å². The molecule has 0 bridgehead atoms. The van der Waals surface area contributed by atoms with Gasteiger partial charge in [0, 0.05) is 19.0 Å². The monoisotopic (exact) mass is 240 g/mol. The van der Waals surface area contributed by atoms with Gasteiger partial charge in [-0.05, 0) is 32.9 Å². The number of piperidine rings is 1. The molecule has 0 aliphatic carbocycles. The minimum absolute atomic E-state index is 0.0825. The first kappa shape index (κ1) is 12.8. The summed E-state index contributed by atoms with van der Waals surface area (Å²) in [6.45, 7) is 9.52. The summed E-state index contributed by atoms with van der Waals surface area (Å²) in [4.78, 5) is 14.1. The van der Waals surface area contributed by atoms with Crippen LogP contribution in [0.3, 0.4) is 0 Å². The van der Waals surface area contributed by atoms with Gasteiger partial charge in [0.05, 0.1) is 11.7 Å². The summed E-state index contributed by atoms with van der Waals surface area (Å²) in [6, 6.07) is 0. The van der Waals surface area contributed by atoms with Crippen molar-refractivity contribution in [3.05, 3.63) is 0 Å². The molecule has 0 aromatic heterocycles. The summed E-state index contributed by atoms with van der Waals surface area (Å²) < 4.78 is 6.14. The number of hydrogen-bond acceptors (Lipinski definition) is 3. The van der Waals surface area contributed by atoms with E-state index >= 15 is 0 Å². The zero-order valence-corrected chi connectivity index (χ0v) is 11.2. The molecule has 98 valence electrons. The quantitative estimate of drug-likeness (QED) is 0.744. The van der Waals surface area contributed by atoms with E-state index in [0.29, 0.717) is 0 Å². The highest BCUT2D eigenvalue weighted by Crippen LogP contribution is 2.30. The molecule has 1 amide bonds. The highest BCUT2D eigenvalue weighted by atomic mass is 16.5. The van der Waals surface area contributed by atoms with Crippen molar-refractivity contribution in [2.75, 3.05) is 26.2 Å². The van der Waals surface area contributed by atoms with Gasteiger partial charge in [0.2, 0.25) is 5.91 Å². The van der Waals surface area contributed by atoms with Gasteiger partial charge in [-0.3, -0.25) is 4.79 Å². The van der Waals surface area contributed by atoms with Crippen LogP contribution in [0.4, 0.5) is 0 Å². The zero-order chi connectivity index (χ0) is 12.5. The van der Waals surface area contributed by atoms with Crippen molar-refractivity contribution in [3.8, 4) is 0 Å². The number of nitrogens with zero attached hydrogens (tertiary/aromatic N) is 1. The maximum absolute atomic E-state index is 12.1. The number of morpholine rings is 1. The molecule has 2 fully saturated rings. The largest absolute Gasteiger partial charge is 0.368 e. The van der Waals surface area contributed by atoms with Crippen LogP contribution in [0.25, 0.3) is 0 Å². The Morgan fingerprint density at radius 3 is 2.65 bits per heavy atom. The molecular weight excluding hydrogens is 216 g/mol. The molecule has 1 unspecified atom stereocenters. The van der Waals surface area contributed by atoms with E-state index < -0.39 is 0 Å². The number of amides is 1. The van der Waals surface area contributed by atoms with Crippen LogP contribution in [0.5, 0.6) is 0 Å². The Balaban J connectivity index is 2.07. The third-order valence-corrected chi connectivity index (χ3v) is 3.73. The fourth-order valence-electron chi connectivity index (χ4n) is 2.92. The fraction of sp³-hybridized carbons (Fsp3) is 0.923. The highest BCUT2D eigenvalue weighted by molar-refractivity contribution is 5.78. The van der Waals surface area contributed by atoms with Crippen molar-refractivity contribution in [1.82, 2.24) is 10.2 Å². The lowest BCUT2D eigenvalue weighted by atomic mass is 9.89. The molecule has 2 rings (SSSR count). The normalized spacial score (nSPS) is 28.7. The summed E-state index contributed by atoms with van der Waals surface area (Å²) >= 11 is 0. The molecule has 2 aliphatic heterocycles. The summed E-state index contributed by atoms with van der Waals surface area (Å²) in [5, 5.41) is 3.35. The number of carbonyl (C=O) groups excluding carboxylic acids is 1. The van der Waals surface area contributed by atoms with Gasteiger partial charge in [-0.15, -0.1) is 0 Å². The SMILES string of the molecule is CC1CN(C(=O)C(C)C)CC2(CCNCC2)O1. The fourth-order valence-corrected chi connectivity index (χ4v) is 2.92. The molecule has 2 saturated heterocycles. The molecule has 4 heteroatoms. The maximum atomic E-state index is 12.1. The van der Waals surface area contributed by atoms with Gasteiger partial charge >= 0.3 is 0 Å². The van der Waals surface area contributed by atoms with Gasteiger partial charge in [0.1, 0.15) is 0 Å². The lowest BCUT2D eigenvalue weighted by Crippen LogP contribution is -2.60. The second kappa shape index (κ2) is 4.94. The van der Waals surface area contributed by atoms with Crippen molar-refractivity contribution in [3.63, 3.8) is 0 Å². The van der Waals surface area contributed by atoms with Crippen LogP contribution < -0.4 is 5.32 Å². The first-order valence-corrected chi connectivity index (χ1v) is 6.70. The third kappa shape index (κ3) is 2.80. The molecule has 1 N–H and O–H groups in total. The smallest absolute Gasteiger partial charge is 0.225 e. The number of rotatable bonds is 1. The zero-order valence-electron chi connectivity index (χ0n) is 11.2. The third-order valence-electron chi connectivity index (χ3n) is 3.73. The standard InChI is InChI=1S/C13H24N2O2/c1-10(2)12(16)15-8-11(3)17-13(9-15)4-6-14-7-5-13/h10-11,14H,4-9H2,1-3H3. The summed E-state index contributed by atoms with van der Waals surface area (Å²) in [6.07, 6.45) is 2.18. The van der Waals surface area contributed by atoms with E-state index in [0.717, 1.165) is 39.0 Å². The molecule has 1 atom stereocenters. The van der Waals surface area contributed by atoms with E-state index in [2.05, 4.69) is 12.2 Å². The number of nitrogens with one attached hydrogen (secondary N) is 1. The Hall–Kier alpha value is -0.610. The molecule has 4 nitrogen and oxygen atoms in total. The molecule has 0 aromatic rings. The Kier molecular flexibility index (Phi) is 3.73. The van der Waals surface area contributed by atoms with E-state index in [1.54, 1.807) is 0 Å². The minimum Gasteiger partial charge on any atom is -0.368 e. The van der Waals surface area contributed by atoms with Crippen LogP contribution in [0, 0.1) is 5.92 Å². The van der Waals surface area contributed by atoms with E-state index in [1.165, 1.54) is 0 Å². The first-order valence-electron chi connectivity index (χ1n) is 6.70. The number of ether oxygens (including phenoxy) is 1. The number of carbonyl (C=O) groups is 1. The Morgan fingerprint density at radius 1 is 1.41 bits per heavy atom. The van der Waals surface area contributed by atoms with Crippen LogP contribution in [0.2, 0.25) is 0 Å². The van der Waals surface area contributed by atoms with Crippen molar-refractivity contribution < 1.29 is 9.53 Å². The van der Waals surface area contributed by atoms with Gasteiger partial charge in [-0.1, -0.05) is 13.8 Å². The first-order chi connectivity index (χ1) is 8.02. The second-order valence-electron chi connectivity index (χ2n) is 5.73. The van der Waals surface area contributed by atoms with Gasteiger partial charge in [0.25, 0.3) is 0 Å². The average molecular weight is 240 g/mol. The van der Waals surface area contributed by atoms with Crippen molar-refractivity contribution in [2.45, 2.75) is 45.3 Å². The maximum Gasteiger partial charge on any atom is 0.225 e. The van der Waals surface area contributed by atoms with Crippen molar-refractivity contribution in [1.29, 1.82) is 0 Å². The van der Waals surface area contributed by atoms with Gasteiger partial charge < -0.3 is 15.0 Å². The van der Waals surface area contributed by atoms with Gasteiger partial charge in [-0.2, -0.15) is 0 Å². The molecule has 0 aromatic carbocycles. The Labute approximate surface area is 104 Å². The molecule has 0 saturated carbocycles. The van der Waals surface area contributed by atoms with E-state index in [4.69, 9.17) is 4.74 Å². The lowest BCUT2D eigenvalue weighted by molar-refractivity contribution is -0.175. The topological polar surface area (TPSA) is 41.6 Å². The molecule has 17 heavy (non-hydrogen) atoms. The number of hydrogen-bond donors (Lipinski definition) is 1. The summed E-state index contributed by atoms with van der Waals surface area (Å²) in [5.74, 6) is 0.345. The molecule has 2 aliphatic rings. The molecule has 1 spiro atoms. The molecule has 2 heterocycles. The van der Waals surface area contributed by atoms with E-state index in [1.807, 2.05) is 18.7 Å². The highest BCUT2D eigenvalue weighted by Gasteiger charge is 2.41. The van der Waals surface area contributed by atoms with Crippen LogP contribution in [0.15, 0.2) is 0 Å². The van der Waals surface area contributed by atoms with Crippen LogP contribution in [0.1, 0.15) is 33.6 Å². The van der Waals surface area contributed by atoms with Crippen LogP contribution in [-0.2, 0) is 9.53 Å². The lowest BCUT2D eigenvalue weighted by Gasteiger charge is -2.48. The second-order valence-corrected chi connectivity index (χ2v) is 5.73. The Bertz CT molecular complexity index is 285. The predicted octanol–water partition coefficient (Wildman–Crippen LogP) is 1.01. The van der Waals surface area contributed by atoms with Crippen LogP contribution in [-0.4, -0.2) is 48.7 Å². The van der Waals surface area contributed by atoms with E-state index in [-0.39, 0.29) is 23.5 Å². The summed E-state index contributed by atoms with van der Waals surface area (Å²) in [5.41, 5.74) is -0.0898. The van der Waals surface area contributed by atoms with Crippen molar-refractivity contribution in [2.24, 2.45) is 5.92 Å². The van der Waals surface area contributed by atoms with Crippen molar-refractivity contribution >= 4 is 5.91 Å². The van der Waals surface area contributed by atoms with Gasteiger partial charge in [0.15, 0.2) is 0 Å². The average Bonchev–Trinajstić information content (AvgIpc) is 2.27. The minimum atomic E-state index is -0.0898. The van der Waals surface area contributed by atoms with E-state index in [9.17, 15) is 4.79 Å². The summed E-state index contributed by atoms with van der Waals surface area (Å²) in [7, 11) is 0. The predicted molar refractivity (Wildman–Crippen MR) is 66.8 cm³/mol. The molecule has 0 radical (unpaired) electrons.